The second-order valence-corrected chi connectivity index (χ2v) is 4.32. The molecule has 2 rings (SSSR count). The van der Waals surface area contributed by atoms with E-state index in [1.54, 1.807) is 41.8 Å². The van der Waals surface area contributed by atoms with Crippen molar-refractivity contribution in [2.45, 2.75) is 0 Å². The molecule has 0 bridgehead atoms. The molecule has 1 amide bonds. The van der Waals surface area contributed by atoms with E-state index in [2.05, 4.69) is 10.5 Å². The zero-order chi connectivity index (χ0) is 12.1. The van der Waals surface area contributed by atoms with Gasteiger partial charge in [-0.2, -0.15) is 5.10 Å². The molecule has 1 heterocycles. The van der Waals surface area contributed by atoms with E-state index < -0.39 is 0 Å². The molecule has 86 valence electrons. The molecule has 0 aliphatic heterocycles. The highest BCUT2D eigenvalue weighted by Crippen LogP contribution is 2.06. The molecule has 2 aromatic rings. The molecule has 0 atom stereocenters. The molecule has 0 aliphatic rings. The van der Waals surface area contributed by atoms with Crippen molar-refractivity contribution in [3.05, 3.63) is 52.2 Å². The maximum atomic E-state index is 11.6. The normalized spacial score (nSPS) is 10.6. The second-order valence-electron chi connectivity index (χ2n) is 3.34. The third kappa shape index (κ3) is 3.15. The Hall–Kier alpha value is -2.14. The molecule has 4 nitrogen and oxygen atoms in total. The Kier molecular flexibility index (Phi) is 3.52. The maximum Gasteiger partial charge on any atom is 0.271 e. The number of nitrogens with zero attached hydrogens (tertiary/aromatic N) is 1. The number of rotatable bonds is 3. The summed E-state index contributed by atoms with van der Waals surface area (Å²) in [4.78, 5) is 12.6. The standard InChI is InChI=1S/C12H11N3OS/c13-10-5-3-9(4-6-10)12(16)15-14-8-11-2-1-7-17-11/h1-8H,13H2,(H,15,16)/b14-8-. The lowest BCUT2D eigenvalue weighted by molar-refractivity contribution is 0.0955. The van der Waals surface area contributed by atoms with Crippen LogP contribution in [0.3, 0.4) is 0 Å². The average molecular weight is 245 g/mol. The first kappa shape index (κ1) is 11.3. The highest BCUT2D eigenvalue weighted by molar-refractivity contribution is 7.11. The number of anilines is 1. The molecule has 0 saturated carbocycles. The van der Waals surface area contributed by atoms with Gasteiger partial charge in [0, 0.05) is 16.1 Å². The first-order valence-electron chi connectivity index (χ1n) is 4.98. The number of hydrogen-bond donors (Lipinski definition) is 2. The van der Waals surface area contributed by atoms with Gasteiger partial charge in [-0.15, -0.1) is 11.3 Å². The number of carbonyl (C=O) groups excluding carboxylic acids is 1. The number of hydrazone groups is 1. The molecular formula is C12H11N3OS. The van der Waals surface area contributed by atoms with Crippen LogP contribution in [0.2, 0.25) is 0 Å². The topological polar surface area (TPSA) is 67.5 Å². The van der Waals surface area contributed by atoms with Crippen molar-refractivity contribution in [2.75, 3.05) is 5.73 Å². The summed E-state index contributed by atoms with van der Waals surface area (Å²) < 4.78 is 0. The van der Waals surface area contributed by atoms with Crippen LogP contribution in [-0.2, 0) is 0 Å². The Morgan fingerprint density at radius 1 is 1.29 bits per heavy atom. The monoisotopic (exact) mass is 245 g/mol. The molecule has 1 aromatic heterocycles. The van der Waals surface area contributed by atoms with Crippen molar-refractivity contribution in [1.82, 2.24) is 5.43 Å². The Bertz CT molecular complexity index is 517. The van der Waals surface area contributed by atoms with Crippen molar-refractivity contribution < 1.29 is 4.79 Å². The van der Waals surface area contributed by atoms with Crippen LogP contribution in [0.15, 0.2) is 46.9 Å². The molecule has 17 heavy (non-hydrogen) atoms. The molecule has 0 fully saturated rings. The SMILES string of the molecule is Nc1ccc(C(=O)N/N=C\c2cccs2)cc1. The van der Waals surface area contributed by atoms with Crippen LogP contribution in [0, 0.1) is 0 Å². The highest BCUT2D eigenvalue weighted by atomic mass is 32.1. The van der Waals surface area contributed by atoms with Gasteiger partial charge < -0.3 is 5.73 Å². The summed E-state index contributed by atoms with van der Waals surface area (Å²) in [6.45, 7) is 0. The largest absolute Gasteiger partial charge is 0.399 e. The van der Waals surface area contributed by atoms with Crippen molar-refractivity contribution in [3.63, 3.8) is 0 Å². The van der Waals surface area contributed by atoms with Gasteiger partial charge >= 0.3 is 0 Å². The van der Waals surface area contributed by atoms with Crippen molar-refractivity contribution in [2.24, 2.45) is 5.10 Å². The van der Waals surface area contributed by atoms with E-state index in [0.717, 1.165) is 4.88 Å². The number of hydrogen-bond acceptors (Lipinski definition) is 4. The predicted octanol–water partition coefficient (Wildman–Crippen LogP) is 2.09. The van der Waals surface area contributed by atoms with E-state index in [1.165, 1.54) is 0 Å². The van der Waals surface area contributed by atoms with Crippen LogP contribution < -0.4 is 11.2 Å². The number of thiophene rings is 1. The number of benzene rings is 1. The van der Waals surface area contributed by atoms with Gasteiger partial charge in [0.05, 0.1) is 6.21 Å². The number of nitrogens with one attached hydrogen (secondary N) is 1. The van der Waals surface area contributed by atoms with E-state index in [-0.39, 0.29) is 5.91 Å². The summed E-state index contributed by atoms with van der Waals surface area (Å²) in [5.41, 5.74) is 9.14. The van der Waals surface area contributed by atoms with Crippen LogP contribution in [0.4, 0.5) is 5.69 Å². The molecule has 0 saturated heterocycles. The average Bonchev–Trinajstić information content (AvgIpc) is 2.83. The summed E-state index contributed by atoms with van der Waals surface area (Å²) in [6, 6.07) is 10.5. The number of amides is 1. The van der Waals surface area contributed by atoms with Gasteiger partial charge in [-0.05, 0) is 35.7 Å². The van der Waals surface area contributed by atoms with Crippen molar-refractivity contribution in [1.29, 1.82) is 0 Å². The van der Waals surface area contributed by atoms with Crippen LogP contribution in [-0.4, -0.2) is 12.1 Å². The van der Waals surface area contributed by atoms with Crippen molar-refractivity contribution in [3.8, 4) is 0 Å². The zero-order valence-corrected chi connectivity index (χ0v) is 9.78. The van der Waals surface area contributed by atoms with E-state index >= 15 is 0 Å². The lowest BCUT2D eigenvalue weighted by Gasteiger charge is -1.99. The van der Waals surface area contributed by atoms with E-state index in [4.69, 9.17) is 5.73 Å². The molecule has 0 spiro atoms. The first-order chi connectivity index (χ1) is 8.25. The lowest BCUT2D eigenvalue weighted by atomic mass is 10.2. The summed E-state index contributed by atoms with van der Waals surface area (Å²) in [7, 11) is 0. The molecular weight excluding hydrogens is 234 g/mol. The summed E-state index contributed by atoms with van der Waals surface area (Å²) in [5, 5.41) is 5.81. The van der Waals surface area contributed by atoms with E-state index in [9.17, 15) is 4.79 Å². The third-order valence-corrected chi connectivity index (χ3v) is 2.88. The van der Waals surface area contributed by atoms with Crippen LogP contribution >= 0.6 is 11.3 Å². The smallest absolute Gasteiger partial charge is 0.271 e. The first-order valence-corrected chi connectivity index (χ1v) is 5.86. The van der Waals surface area contributed by atoms with E-state index in [0.29, 0.717) is 11.3 Å². The molecule has 5 heteroatoms. The predicted molar refractivity (Wildman–Crippen MR) is 70.2 cm³/mol. The minimum Gasteiger partial charge on any atom is -0.399 e. The number of nitrogens with two attached hydrogens (primary N) is 1. The fourth-order valence-electron chi connectivity index (χ4n) is 1.22. The van der Waals surface area contributed by atoms with Crippen LogP contribution in [0.25, 0.3) is 0 Å². The maximum absolute atomic E-state index is 11.6. The van der Waals surface area contributed by atoms with Gasteiger partial charge in [0.2, 0.25) is 0 Å². The Morgan fingerprint density at radius 2 is 2.06 bits per heavy atom. The molecule has 0 unspecified atom stereocenters. The van der Waals surface area contributed by atoms with Gasteiger partial charge in [-0.3, -0.25) is 4.79 Å². The minimum atomic E-state index is -0.252. The van der Waals surface area contributed by atoms with Gasteiger partial charge in [0.1, 0.15) is 0 Å². The Morgan fingerprint density at radius 3 is 2.71 bits per heavy atom. The van der Waals surface area contributed by atoms with Gasteiger partial charge in [-0.1, -0.05) is 6.07 Å². The fourth-order valence-corrected chi connectivity index (χ4v) is 1.80. The Labute approximate surface area is 103 Å². The Balaban J connectivity index is 1.96. The van der Waals surface area contributed by atoms with E-state index in [1.807, 2.05) is 17.5 Å². The summed E-state index contributed by atoms with van der Waals surface area (Å²) in [5.74, 6) is -0.252. The van der Waals surface area contributed by atoms with Crippen LogP contribution in [0.1, 0.15) is 15.2 Å². The molecule has 0 radical (unpaired) electrons. The molecule has 0 aliphatic carbocycles. The third-order valence-electron chi connectivity index (χ3n) is 2.07. The molecule has 3 N–H and O–H groups in total. The van der Waals surface area contributed by atoms with Gasteiger partial charge in [-0.25, -0.2) is 5.43 Å². The van der Waals surface area contributed by atoms with Gasteiger partial charge in [0.25, 0.3) is 5.91 Å². The molecule has 1 aromatic carbocycles. The second kappa shape index (κ2) is 5.27. The lowest BCUT2D eigenvalue weighted by Crippen LogP contribution is -2.17. The highest BCUT2D eigenvalue weighted by Gasteiger charge is 2.02. The van der Waals surface area contributed by atoms with Crippen molar-refractivity contribution >= 4 is 29.1 Å². The minimum absolute atomic E-state index is 0.252. The number of nitrogen functional groups attached to an aromatic ring is 1. The summed E-state index contributed by atoms with van der Waals surface area (Å²) in [6.07, 6.45) is 1.61. The van der Waals surface area contributed by atoms with Crippen LogP contribution in [0.5, 0.6) is 0 Å². The zero-order valence-electron chi connectivity index (χ0n) is 8.96. The van der Waals surface area contributed by atoms with Gasteiger partial charge in [0.15, 0.2) is 0 Å². The summed E-state index contributed by atoms with van der Waals surface area (Å²) >= 11 is 1.56. The fraction of sp³-hybridized carbons (Fsp3) is 0. The number of carbonyl (C=O) groups is 1. The quantitative estimate of drug-likeness (QED) is 0.494.